The van der Waals surface area contributed by atoms with E-state index in [1.807, 2.05) is 20.8 Å². The van der Waals surface area contributed by atoms with Crippen molar-refractivity contribution in [2.45, 2.75) is 91.3 Å². The fourth-order valence-electron chi connectivity index (χ4n) is 3.33. The van der Waals surface area contributed by atoms with Gasteiger partial charge in [0.25, 0.3) is 0 Å². The Bertz CT molecular complexity index is 338. The Morgan fingerprint density at radius 3 is 2.50 bits per heavy atom. The minimum atomic E-state index is -0.439. The zero-order valence-corrected chi connectivity index (χ0v) is 15.4. The Hall–Kier alpha value is -0.770. The molecule has 4 heteroatoms. The van der Waals surface area contributed by atoms with Crippen LogP contribution in [0.15, 0.2) is 0 Å². The molecule has 0 spiro atoms. The van der Waals surface area contributed by atoms with Crippen molar-refractivity contribution in [3.63, 3.8) is 0 Å². The lowest BCUT2D eigenvalue weighted by atomic mass is 9.79. The highest BCUT2D eigenvalue weighted by Crippen LogP contribution is 2.29. The molecule has 4 nitrogen and oxygen atoms in total. The number of carbonyl (C=O) groups excluding carboxylic acids is 1. The van der Waals surface area contributed by atoms with E-state index in [2.05, 4.69) is 31.4 Å². The molecule has 130 valence electrons. The predicted octanol–water partition coefficient (Wildman–Crippen LogP) is 4.09. The van der Waals surface area contributed by atoms with Gasteiger partial charge in [0.2, 0.25) is 0 Å². The molecule has 0 bridgehead atoms. The highest BCUT2D eigenvalue weighted by Gasteiger charge is 2.27. The SMILES string of the molecule is CCCC(CNC(=O)OC(C)(C)C)NC1CCC(C)CC1C. The van der Waals surface area contributed by atoms with Crippen LogP contribution >= 0.6 is 0 Å². The summed E-state index contributed by atoms with van der Waals surface area (Å²) in [5.74, 6) is 1.56. The summed E-state index contributed by atoms with van der Waals surface area (Å²) in [7, 11) is 0. The van der Waals surface area contributed by atoms with E-state index in [1.54, 1.807) is 0 Å². The first kappa shape index (κ1) is 19.3. The van der Waals surface area contributed by atoms with E-state index in [1.165, 1.54) is 19.3 Å². The Labute approximate surface area is 136 Å². The summed E-state index contributed by atoms with van der Waals surface area (Å²) in [4.78, 5) is 11.8. The fourth-order valence-corrected chi connectivity index (χ4v) is 3.33. The van der Waals surface area contributed by atoms with E-state index in [4.69, 9.17) is 4.74 Å². The number of carbonyl (C=O) groups is 1. The maximum atomic E-state index is 11.8. The molecule has 0 aromatic heterocycles. The van der Waals surface area contributed by atoms with Gasteiger partial charge in [0.1, 0.15) is 5.60 Å². The molecule has 4 atom stereocenters. The molecule has 4 unspecified atom stereocenters. The fraction of sp³-hybridized carbons (Fsp3) is 0.944. The molecular formula is C18H36N2O2. The first-order valence-corrected chi connectivity index (χ1v) is 8.94. The van der Waals surface area contributed by atoms with Crippen LogP contribution in [0.4, 0.5) is 4.79 Å². The van der Waals surface area contributed by atoms with Gasteiger partial charge in [-0.3, -0.25) is 0 Å². The number of amides is 1. The number of rotatable bonds is 6. The minimum Gasteiger partial charge on any atom is -0.444 e. The van der Waals surface area contributed by atoms with Crippen molar-refractivity contribution < 1.29 is 9.53 Å². The molecule has 1 saturated carbocycles. The molecular weight excluding hydrogens is 276 g/mol. The van der Waals surface area contributed by atoms with Crippen LogP contribution in [0.3, 0.4) is 0 Å². The second-order valence-electron chi connectivity index (χ2n) is 8.04. The lowest BCUT2D eigenvalue weighted by molar-refractivity contribution is 0.0519. The van der Waals surface area contributed by atoms with Crippen molar-refractivity contribution in [3.05, 3.63) is 0 Å². The third kappa shape index (κ3) is 7.48. The summed E-state index contributed by atoms with van der Waals surface area (Å²) in [5.41, 5.74) is -0.439. The summed E-state index contributed by atoms with van der Waals surface area (Å²) in [6.45, 7) is 13.2. The Kier molecular flexibility index (Phi) is 7.67. The van der Waals surface area contributed by atoms with Crippen LogP contribution in [0.2, 0.25) is 0 Å². The van der Waals surface area contributed by atoms with Crippen LogP contribution in [0.25, 0.3) is 0 Å². The molecule has 1 fully saturated rings. The molecule has 1 amide bonds. The van der Waals surface area contributed by atoms with Crippen molar-refractivity contribution >= 4 is 6.09 Å². The summed E-state index contributed by atoms with van der Waals surface area (Å²) in [5, 5.41) is 6.69. The first-order valence-electron chi connectivity index (χ1n) is 8.94. The second kappa shape index (κ2) is 8.76. The highest BCUT2D eigenvalue weighted by molar-refractivity contribution is 5.67. The van der Waals surface area contributed by atoms with Gasteiger partial charge >= 0.3 is 6.09 Å². The van der Waals surface area contributed by atoms with Crippen LogP contribution in [0, 0.1) is 11.8 Å². The van der Waals surface area contributed by atoms with Crippen LogP contribution in [-0.2, 0) is 4.74 Å². The average molecular weight is 312 g/mol. The van der Waals surface area contributed by atoms with E-state index < -0.39 is 5.60 Å². The normalized spacial score (nSPS) is 27.3. The monoisotopic (exact) mass is 312 g/mol. The predicted molar refractivity (Wildman–Crippen MR) is 92.0 cm³/mol. The van der Waals surface area contributed by atoms with Crippen molar-refractivity contribution in [2.24, 2.45) is 11.8 Å². The van der Waals surface area contributed by atoms with Gasteiger partial charge in [-0.2, -0.15) is 0 Å². The van der Waals surface area contributed by atoms with E-state index >= 15 is 0 Å². The zero-order chi connectivity index (χ0) is 16.8. The molecule has 0 heterocycles. The maximum Gasteiger partial charge on any atom is 0.407 e. The van der Waals surface area contributed by atoms with Crippen LogP contribution < -0.4 is 10.6 Å². The highest BCUT2D eigenvalue weighted by atomic mass is 16.6. The van der Waals surface area contributed by atoms with Crippen molar-refractivity contribution in [3.8, 4) is 0 Å². The largest absolute Gasteiger partial charge is 0.444 e. The number of alkyl carbamates (subject to hydrolysis) is 1. The van der Waals surface area contributed by atoms with Gasteiger partial charge in [-0.1, -0.05) is 27.2 Å². The van der Waals surface area contributed by atoms with E-state index in [0.717, 1.165) is 18.8 Å². The van der Waals surface area contributed by atoms with Crippen LogP contribution in [0.5, 0.6) is 0 Å². The molecule has 0 aliphatic heterocycles. The molecule has 1 rings (SSSR count). The third-order valence-corrected chi connectivity index (χ3v) is 4.41. The Morgan fingerprint density at radius 1 is 1.27 bits per heavy atom. The molecule has 0 radical (unpaired) electrons. The molecule has 1 aliphatic rings. The van der Waals surface area contributed by atoms with Gasteiger partial charge in [-0.05, 0) is 58.3 Å². The van der Waals surface area contributed by atoms with Crippen molar-refractivity contribution in [2.75, 3.05) is 6.54 Å². The Balaban J connectivity index is 2.43. The lowest BCUT2D eigenvalue weighted by Gasteiger charge is -2.36. The number of nitrogens with one attached hydrogen (secondary N) is 2. The number of ether oxygens (including phenoxy) is 1. The van der Waals surface area contributed by atoms with E-state index in [9.17, 15) is 4.79 Å². The maximum absolute atomic E-state index is 11.8. The molecule has 1 aliphatic carbocycles. The minimum absolute atomic E-state index is 0.319. The first-order chi connectivity index (χ1) is 10.2. The van der Waals surface area contributed by atoms with Gasteiger partial charge in [-0.25, -0.2) is 4.79 Å². The molecule has 0 saturated heterocycles. The topological polar surface area (TPSA) is 50.4 Å². The third-order valence-electron chi connectivity index (χ3n) is 4.41. The summed E-state index contributed by atoms with van der Waals surface area (Å²) in [6, 6.07) is 0.909. The van der Waals surface area contributed by atoms with Gasteiger partial charge in [0.15, 0.2) is 0 Å². The molecule has 22 heavy (non-hydrogen) atoms. The quantitative estimate of drug-likeness (QED) is 0.776. The zero-order valence-electron chi connectivity index (χ0n) is 15.4. The van der Waals surface area contributed by atoms with Crippen LogP contribution in [0.1, 0.15) is 73.6 Å². The van der Waals surface area contributed by atoms with Crippen LogP contribution in [-0.4, -0.2) is 30.3 Å². The summed E-state index contributed by atoms with van der Waals surface area (Å²) >= 11 is 0. The van der Waals surface area contributed by atoms with Crippen molar-refractivity contribution in [1.29, 1.82) is 0 Å². The standard InChI is InChI=1S/C18H36N2O2/c1-7-8-15(12-19-17(21)22-18(4,5)6)20-16-10-9-13(2)11-14(16)3/h13-16,20H,7-12H2,1-6H3,(H,19,21). The Morgan fingerprint density at radius 2 is 1.95 bits per heavy atom. The average Bonchev–Trinajstić information content (AvgIpc) is 2.37. The molecule has 0 aromatic carbocycles. The van der Waals surface area contributed by atoms with Gasteiger partial charge in [0, 0.05) is 18.6 Å². The van der Waals surface area contributed by atoms with E-state index in [0.29, 0.717) is 24.5 Å². The lowest BCUT2D eigenvalue weighted by Crippen LogP contribution is -2.49. The van der Waals surface area contributed by atoms with Gasteiger partial charge in [0.05, 0.1) is 0 Å². The summed E-state index contributed by atoms with van der Waals surface area (Å²) in [6.07, 6.45) is 5.73. The van der Waals surface area contributed by atoms with Gasteiger partial charge < -0.3 is 15.4 Å². The number of hydrogen-bond donors (Lipinski definition) is 2. The summed E-state index contributed by atoms with van der Waals surface area (Å²) < 4.78 is 5.31. The van der Waals surface area contributed by atoms with Gasteiger partial charge in [-0.15, -0.1) is 0 Å². The number of hydrogen-bond acceptors (Lipinski definition) is 3. The smallest absolute Gasteiger partial charge is 0.407 e. The molecule has 2 N–H and O–H groups in total. The second-order valence-corrected chi connectivity index (χ2v) is 8.04. The van der Waals surface area contributed by atoms with E-state index in [-0.39, 0.29) is 6.09 Å². The van der Waals surface area contributed by atoms with Crippen molar-refractivity contribution in [1.82, 2.24) is 10.6 Å². The molecule has 0 aromatic rings.